The minimum atomic E-state index is -0.151. The third-order valence-electron chi connectivity index (χ3n) is 5.95. The van der Waals surface area contributed by atoms with Gasteiger partial charge in [-0.1, -0.05) is 0 Å². The molecule has 132 valence electrons. The maximum atomic E-state index is 12.4. The Balaban J connectivity index is 1.68. The Kier molecular flexibility index (Phi) is 3.96. The average Bonchev–Trinajstić information content (AvgIpc) is 2.62. The van der Waals surface area contributed by atoms with Crippen molar-refractivity contribution in [1.29, 1.82) is 5.26 Å². The van der Waals surface area contributed by atoms with Crippen molar-refractivity contribution in [3.63, 3.8) is 0 Å². The second-order valence-corrected chi connectivity index (χ2v) is 7.24. The van der Waals surface area contributed by atoms with Crippen molar-refractivity contribution in [2.45, 2.75) is 37.8 Å². The van der Waals surface area contributed by atoms with Crippen LogP contribution < -0.4 is 10.6 Å². The van der Waals surface area contributed by atoms with Gasteiger partial charge in [0.05, 0.1) is 12.6 Å². The van der Waals surface area contributed by atoms with Crippen molar-refractivity contribution in [2.24, 2.45) is 11.8 Å². The van der Waals surface area contributed by atoms with Gasteiger partial charge in [0.25, 0.3) is 0 Å². The van der Waals surface area contributed by atoms with E-state index in [-0.39, 0.29) is 36.3 Å². The van der Waals surface area contributed by atoms with Gasteiger partial charge in [0.2, 0.25) is 5.91 Å². The maximum Gasteiger partial charge on any atom is 0.223 e. The number of aliphatic hydroxyl groups excluding tert-OH is 1. The Bertz CT molecular complexity index is 718. The summed E-state index contributed by atoms with van der Waals surface area (Å²) < 4.78 is 0. The van der Waals surface area contributed by atoms with Crippen LogP contribution in [0.3, 0.4) is 0 Å². The van der Waals surface area contributed by atoms with E-state index in [0.717, 1.165) is 25.8 Å². The van der Waals surface area contributed by atoms with Crippen molar-refractivity contribution in [1.82, 2.24) is 14.9 Å². The van der Waals surface area contributed by atoms with E-state index in [4.69, 9.17) is 5.73 Å². The zero-order valence-electron chi connectivity index (χ0n) is 14.0. The Morgan fingerprint density at radius 2 is 2.16 bits per heavy atom. The molecule has 4 rings (SSSR count). The summed E-state index contributed by atoms with van der Waals surface area (Å²) in [4.78, 5) is 24.7. The molecule has 3 aliphatic rings. The van der Waals surface area contributed by atoms with Crippen LogP contribution in [-0.4, -0.2) is 57.7 Å². The van der Waals surface area contributed by atoms with Crippen LogP contribution >= 0.6 is 0 Å². The van der Waals surface area contributed by atoms with Crippen LogP contribution in [0.1, 0.15) is 31.2 Å². The fourth-order valence-electron chi connectivity index (χ4n) is 4.92. The summed E-state index contributed by atoms with van der Waals surface area (Å²) in [6, 6.07) is 2.13. The molecular formula is C17H22N6O2. The molecule has 1 aromatic heterocycles. The van der Waals surface area contributed by atoms with Gasteiger partial charge in [-0.2, -0.15) is 5.26 Å². The molecule has 3 aliphatic heterocycles. The van der Waals surface area contributed by atoms with Crippen LogP contribution in [0, 0.1) is 23.2 Å². The number of hydrogen-bond acceptors (Lipinski definition) is 7. The molecule has 0 aromatic carbocycles. The fourth-order valence-corrected chi connectivity index (χ4v) is 4.92. The van der Waals surface area contributed by atoms with E-state index in [0.29, 0.717) is 30.3 Å². The van der Waals surface area contributed by atoms with Crippen molar-refractivity contribution < 1.29 is 9.90 Å². The molecule has 0 saturated carbocycles. The van der Waals surface area contributed by atoms with Gasteiger partial charge in [0.15, 0.2) is 5.82 Å². The number of nitrogens with zero attached hydrogens (tertiary/aromatic N) is 5. The number of anilines is 2. The molecular weight excluding hydrogens is 320 g/mol. The lowest BCUT2D eigenvalue weighted by Gasteiger charge is -2.56. The quantitative estimate of drug-likeness (QED) is 0.784. The lowest BCUT2D eigenvalue weighted by molar-refractivity contribution is -0.150. The van der Waals surface area contributed by atoms with Gasteiger partial charge in [-0.05, 0) is 31.1 Å². The molecule has 0 spiro atoms. The highest BCUT2D eigenvalue weighted by atomic mass is 16.3. The lowest BCUT2D eigenvalue weighted by Crippen LogP contribution is -2.66. The second-order valence-electron chi connectivity index (χ2n) is 7.24. The van der Waals surface area contributed by atoms with E-state index in [2.05, 4.69) is 20.9 Å². The molecule has 3 fully saturated rings. The molecule has 3 saturated heterocycles. The van der Waals surface area contributed by atoms with Gasteiger partial charge in [-0.3, -0.25) is 4.79 Å². The van der Waals surface area contributed by atoms with Crippen LogP contribution in [-0.2, 0) is 4.79 Å². The normalized spacial score (nSPS) is 31.4. The highest BCUT2D eigenvalue weighted by Crippen LogP contribution is 2.42. The molecule has 1 amide bonds. The molecule has 0 radical (unpaired) electrons. The predicted octanol–water partition coefficient (Wildman–Crippen LogP) is 0.129. The molecule has 8 heteroatoms. The molecule has 25 heavy (non-hydrogen) atoms. The Hall–Kier alpha value is -2.40. The van der Waals surface area contributed by atoms with Crippen LogP contribution in [0.2, 0.25) is 0 Å². The van der Waals surface area contributed by atoms with Crippen molar-refractivity contribution in [3.8, 4) is 6.07 Å². The van der Waals surface area contributed by atoms with E-state index in [1.165, 1.54) is 6.33 Å². The number of aromatic nitrogens is 2. The summed E-state index contributed by atoms with van der Waals surface area (Å²) in [6.07, 6.45) is 4.85. The van der Waals surface area contributed by atoms with E-state index < -0.39 is 0 Å². The summed E-state index contributed by atoms with van der Waals surface area (Å²) in [5, 5.41) is 19.4. The highest BCUT2D eigenvalue weighted by Gasteiger charge is 2.49. The third-order valence-corrected chi connectivity index (χ3v) is 5.95. The van der Waals surface area contributed by atoms with E-state index in [1.807, 2.05) is 4.90 Å². The molecule has 3 N–H and O–H groups in total. The Labute approximate surface area is 146 Å². The van der Waals surface area contributed by atoms with Crippen LogP contribution in [0.25, 0.3) is 0 Å². The van der Waals surface area contributed by atoms with Gasteiger partial charge in [-0.15, -0.1) is 0 Å². The van der Waals surface area contributed by atoms with Gasteiger partial charge >= 0.3 is 0 Å². The molecule has 8 nitrogen and oxygen atoms in total. The number of amides is 1. The molecule has 4 atom stereocenters. The van der Waals surface area contributed by atoms with Crippen LogP contribution in [0.15, 0.2) is 6.33 Å². The smallest absolute Gasteiger partial charge is 0.223 e. The Morgan fingerprint density at radius 1 is 1.36 bits per heavy atom. The Morgan fingerprint density at radius 3 is 2.92 bits per heavy atom. The van der Waals surface area contributed by atoms with E-state index >= 15 is 0 Å². The summed E-state index contributed by atoms with van der Waals surface area (Å²) in [5.41, 5.74) is 6.14. The molecule has 1 aromatic rings. The average molecular weight is 342 g/mol. The zero-order chi connectivity index (χ0) is 17.6. The standard InChI is InChI=1S/C17H22N6O2/c18-5-12-16(19)20-9-21-17(12)22-6-10-4-11(7-22)14(8-24)23-13(10)2-1-3-15(23)25/h9-11,13-14,24H,1-4,6-8H2,(H2,19,20,21)/t10-,11+,13+,14+/m1/s1. The molecule has 0 aliphatic carbocycles. The van der Waals surface area contributed by atoms with Crippen molar-refractivity contribution in [2.75, 3.05) is 30.3 Å². The first kappa shape index (κ1) is 16.1. The van der Waals surface area contributed by atoms with Crippen molar-refractivity contribution >= 4 is 17.5 Å². The number of aliphatic hydroxyl groups is 1. The number of nitriles is 1. The first-order valence-corrected chi connectivity index (χ1v) is 8.81. The minimum absolute atomic E-state index is 0.0233. The van der Waals surface area contributed by atoms with E-state index in [9.17, 15) is 15.2 Å². The number of carbonyl (C=O) groups excluding carboxylic acids is 1. The van der Waals surface area contributed by atoms with Crippen LogP contribution in [0.4, 0.5) is 11.6 Å². The summed E-state index contributed by atoms with van der Waals surface area (Å²) in [6.45, 7) is 1.38. The largest absolute Gasteiger partial charge is 0.394 e. The first-order valence-electron chi connectivity index (χ1n) is 8.81. The third kappa shape index (κ3) is 2.50. The molecule has 0 unspecified atom stereocenters. The van der Waals surface area contributed by atoms with E-state index in [1.54, 1.807) is 0 Å². The van der Waals surface area contributed by atoms with Crippen molar-refractivity contribution in [3.05, 3.63) is 11.9 Å². The minimum Gasteiger partial charge on any atom is -0.394 e. The monoisotopic (exact) mass is 342 g/mol. The number of carbonyl (C=O) groups is 1. The maximum absolute atomic E-state index is 12.4. The van der Waals surface area contributed by atoms with Gasteiger partial charge < -0.3 is 20.6 Å². The number of piperidine rings is 3. The van der Waals surface area contributed by atoms with Gasteiger partial charge in [0, 0.05) is 25.6 Å². The number of rotatable bonds is 2. The summed E-state index contributed by atoms with van der Waals surface area (Å²) in [7, 11) is 0. The highest BCUT2D eigenvalue weighted by molar-refractivity contribution is 5.78. The summed E-state index contributed by atoms with van der Waals surface area (Å²) in [5.74, 6) is 1.43. The van der Waals surface area contributed by atoms with Crippen LogP contribution in [0.5, 0.6) is 0 Å². The summed E-state index contributed by atoms with van der Waals surface area (Å²) >= 11 is 0. The second kappa shape index (κ2) is 6.15. The predicted molar refractivity (Wildman–Crippen MR) is 90.3 cm³/mol. The number of hydrogen-bond donors (Lipinski definition) is 2. The zero-order valence-corrected chi connectivity index (χ0v) is 14.0. The van der Waals surface area contributed by atoms with Gasteiger partial charge in [0.1, 0.15) is 23.8 Å². The number of nitrogens with two attached hydrogens (primary N) is 1. The number of fused-ring (bicyclic) bond motifs is 4. The SMILES string of the molecule is N#Cc1c(N)ncnc1N1C[C@H]2C[C@@H](C1)[C@H](CO)N1C(=O)CCC[C@@H]21. The molecule has 4 heterocycles. The van der Waals surface area contributed by atoms with Gasteiger partial charge in [-0.25, -0.2) is 9.97 Å². The molecule has 2 bridgehead atoms. The fraction of sp³-hybridized carbons (Fsp3) is 0.647. The lowest BCUT2D eigenvalue weighted by atomic mass is 9.72. The topological polar surface area (TPSA) is 119 Å². The number of nitrogen functional groups attached to an aromatic ring is 1. The first-order chi connectivity index (χ1) is 12.1.